The van der Waals surface area contributed by atoms with E-state index in [9.17, 15) is 0 Å². The monoisotopic (exact) mass is 256 g/mol. The molecule has 1 heterocycles. The molecule has 2 fully saturated rings. The largest absolute Gasteiger partial charge is 0.221 e. The van der Waals surface area contributed by atoms with Crippen LogP contribution >= 0.6 is 23.2 Å². The highest BCUT2D eigenvalue weighted by Gasteiger charge is 2.30. The Morgan fingerprint density at radius 3 is 1.88 bits per heavy atom. The molecule has 4 heteroatoms. The van der Waals surface area contributed by atoms with Crippen molar-refractivity contribution in [1.82, 2.24) is 9.97 Å². The van der Waals surface area contributed by atoms with Gasteiger partial charge in [-0.1, -0.05) is 36.0 Å². The predicted octanol–water partition coefficient (Wildman–Crippen LogP) is 4.32. The highest BCUT2D eigenvalue weighted by Crippen LogP contribution is 2.43. The maximum absolute atomic E-state index is 6.25. The van der Waals surface area contributed by atoms with Crippen molar-refractivity contribution in [3.63, 3.8) is 0 Å². The lowest BCUT2D eigenvalue weighted by Gasteiger charge is -2.13. The summed E-state index contributed by atoms with van der Waals surface area (Å²) in [6.45, 7) is 0. The molecule has 0 spiro atoms. The van der Waals surface area contributed by atoms with Crippen LogP contribution < -0.4 is 0 Å². The third-order valence-electron chi connectivity index (χ3n) is 3.58. The summed E-state index contributed by atoms with van der Waals surface area (Å²) in [6, 6.07) is 0. The van der Waals surface area contributed by atoms with Crippen LogP contribution in [-0.2, 0) is 0 Å². The van der Waals surface area contributed by atoms with Gasteiger partial charge in [-0.15, -0.1) is 0 Å². The summed E-state index contributed by atoms with van der Waals surface area (Å²) in [6.07, 6.45) is 7.23. The maximum Gasteiger partial charge on any atom is 0.137 e. The first-order chi connectivity index (χ1) is 7.75. The zero-order valence-electron chi connectivity index (χ0n) is 9.05. The van der Waals surface area contributed by atoms with E-state index in [-0.39, 0.29) is 0 Å². The Balaban J connectivity index is 1.97. The first-order valence-corrected chi connectivity index (χ1v) is 6.74. The molecule has 0 unspecified atom stereocenters. The molecule has 2 aliphatic rings. The van der Waals surface area contributed by atoms with Crippen molar-refractivity contribution in [2.24, 2.45) is 0 Å². The van der Waals surface area contributed by atoms with E-state index >= 15 is 0 Å². The van der Waals surface area contributed by atoms with Gasteiger partial charge >= 0.3 is 0 Å². The van der Waals surface area contributed by atoms with Gasteiger partial charge in [-0.05, 0) is 31.6 Å². The number of aromatic nitrogens is 2. The van der Waals surface area contributed by atoms with Gasteiger partial charge < -0.3 is 0 Å². The van der Waals surface area contributed by atoms with Crippen LogP contribution in [0.25, 0.3) is 0 Å². The molecule has 0 atom stereocenters. The highest BCUT2D eigenvalue weighted by atomic mass is 35.5. The lowest BCUT2D eigenvalue weighted by molar-refractivity contribution is 0.709. The minimum atomic E-state index is 0.480. The summed E-state index contributed by atoms with van der Waals surface area (Å²) in [5, 5.41) is 1.18. The topological polar surface area (TPSA) is 25.8 Å². The molecule has 0 N–H and O–H groups in total. The predicted molar refractivity (Wildman–Crippen MR) is 65.2 cm³/mol. The van der Waals surface area contributed by atoms with Crippen molar-refractivity contribution >= 4 is 23.2 Å². The molecule has 16 heavy (non-hydrogen) atoms. The standard InChI is InChI=1S/C12H14Cl2N2/c13-10-9(7-3-1-2-4-7)11(14)16-12(15-10)8-5-6-8/h7-8H,1-6H2. The lowest BCUT2D eigenvalue weighted by Crippen LogP contribution is -2.03. The molecule has 0 amide bonds. The molecule has 3 rings (SSSR count). The fraction of sp³-hybridized carbons (Fsp3) is 0.667. The minimum Gasteiger partial charge on any atom is -0.221 e. The number of hydrogen-bond acceptors (Lipinski definition) is 2. The van der Waals surface area contributed by atoms with Crippen LogP contribution in [0.4, 0.5) is 0 Å². The number of halogens is 2. The smallest absolute Gasteiger partial charge is 0.137 e. The lowest BCUT2D eigenvalue weighted by atomic mass is 10.0. The van der Waals surface area contributed by atoms with Crippen molar-refractivity contribution in [3.8, 4) is 0 Å². The molecule has 0 aromatic carbocycles. The van der Waals surface area contributed by atoms with E-state index in [1.54, 1.807) is 0 Å². The van der Waals surface area contributed by atoms with Gasteiger partial charge in [0.15, 0.2) is 0 Å². The van der Waals surface area contributed by atoms with E-state index in [1.807, 2.05) is 0 Å². The van der Waals surface area contributed by atoms with Crippen LogP contribution in [0.2, 0.25) is 10.3 Å². The molecule has 0 saturated heterocycles. The number of nitrogens with zero attached hydrogens (tertiary/aromatic N) is 2. The normalized spacial score (nSPS) is 21.6. The van der Waals surface area contributed by atoms with Crippen LogP contribution in [0, 0.1) is 0 Å². The second kappa shape index (κ2) is 4.15. The van der Waals surface area contributed by atoms with Gasteiger partial charge in [-0.25, -0.2) is 9.97 Å². The third kappa shape index (κ3) is 1.93. The van der Waals surface area contributed by atoms with Crippen molar-refractivity contribution in [1.29, 1.82) is 0 Å². The molecular weight excluding hydrogens is 243 g/mol. The number of hydrogen-bond donors (Lipinski definition) is 0. The second-order valence-corrected chi connectivity index (χ2v) is 5.55. The minimum absolute atomic E-state index is 0.480. The van der Waals surface area contributed by atoms with E-state index < -0.39 is 0 Å². The Morgan fingerprint density at radius 1 is 0.812 bits per heavy atom. The van der Waals surface area contributed by atoms with E-state index in [0.29, 0.717) is 22.1 Å². The summed E-state index contributed by atoms with van der Waals surface area (Å²) in [5.74, 6) is 1.83. The Labute approximate surface area is 105 Å². The fourth-order valence-electron chi connectivity index (χ4n) is 2.51. The van der Waals surface area contributed by atoms with Crippen LogP contribution in [0.15, 0.2) is 0 Å². The third-order valence-corrected chi connectivity index (χ3v) is 4.15. The summed E-state index contributed by atoms with van der Waals surface area (Å²) in [5.41, 5.74) is 0.991. The first-order valence-electron chi connectivity index (χ1n) is 5.98. The van der Waals surface area contributed by atoms with Crippen LogP contribution in [-0.4, -0.2) is 9.97 Å². The number of rotatable bonds is 2. The molecule has 1 aromatic rings. The Bertz CT molecular complexity index is 386. The maximum atomic E-state index is 6.25. The molecular formula is C12H14Cl2N2. The average molecular weight is 257 g/mol. The van der Waals surface area contributed by atoms with E-state index in [0.717, 1.165) is 11.4 Å². The summed E-state index contributed by atoms with van der Waals surface area (Å²) < 4.78 is 0. The Hall–Kier alpha value is -0.340. The van der Waals surface area contributed by atoms with Gasteiger partial charge in [0.2, 0.25) is 0 Å². The van der Waals surface area contributed by atoms with Gasteiger partial charge in [0.25, 0.3) is 0 Å². The Morgan fingerprint density at radius 2 is 1.38 bits per heavy atom. The van der Waals surface area contributed by atoms with Crippen molar-refractivity contribution in [2.75, 3.05) is 0 Å². The molecule has 0 bridgehead atoms. The fourth-order valence-corrected chi connectivity index (χ4v) is 3.22. The van der Waals surface area contributed by atoms with E-state index in [1.165, 1.54) is 38.5 Å². The molecule has 0 aliphatic heterocycles. The quantitative estimate of drug-likeness (QED) is 0.737. The summed E-state index contributed by atoms with van der Waals surface area (Å²) in [7, 11) is 0. The van der Waals surface area contributed by atoms with Gasteiger partial charge in [0, 0.05) is 11.5 Å². The van der Waals surface area contributed by atoms with Crippen LogP contribution in [0.1, 0.15) is 61.7 Å². The second-order valence-electron chi connectivity index (χ2n) is 4.83. The van der Waals surface area contributed by atoms with Crippen molar-refractivity contribution in [3.05, 3.63) is 21.7 Å². The molecule has 2 nitrogen and oxygen atoms in total. The first kappa shape index (κ1) is 10.8. The summed E-state index contributed by atoms with van der Waals surface area (Å²) >= 11 is 12.5. The molecule has 0 radical (unpaired) electrons. The molecule has 86 valence electrons. The molecule has 2 aliphatic carbocycles. The SMILES string of the molecule is Clc1nc(C2CC2)nc(Cl)c1C1CCCC1. The highest BCUT2D eigenvalue weighted by molar-refractivity contribution is 6.34. The van der Waals surface area contributed by atoms with Crippen molar-refractivity contribution in [2.45, 2.75) is 50.4 Å². The van der Waals surface area contributed by atoms with Crippen LogP contribution in [0.5, 0.6) is 0 Å². The molecule has 2 saturated carbocycles. The van der Waals surface area contributed by atoms with E-state index in [2.05, 4.69) is 9.97 Å². The zero-order valence-corrected chi connectivity index (χ0v) is 10.6. The van der Waals surface area contributed by atoms with Gasteiger partial charge in [0.1, 0.15) is 16.1 Å². The average Bonchev–Trinajstić information content (AvgIpc) is 2.96. The van der Waals surface area contributed by atoms with Gasteiger partial charge in [0.05, 0.1) is 0 Å². The molecule has 1 aromatic heterocycles. The zero-order chi connectivity index (χ0) is 11.1. The van der Waals surface area contributed by atoms with Crippen LogP contribution in [0.3, 0.4) is 0 Å². The van der Waals surface area contributed by atoms with Gasteiger partial charge in [-0.3, -0.25) is 0 Å². The Kier molecular flexibility index (Phi) is 2.80. The van der Waals surface area contributed by atoms with E-state index in [4.69, 9.17) is 23.2 Å². The summed E-state index contributed by atoms with van der Waals surface area (Å²) in [4.78, 5) is 8.82. The van der Waals surface area contributed by atoms with Gasteiger partial charge in [-0.2, -0.15) is 0 Å². The van der Waals surface area contributed by atoms with Crippen molar-refractivity contribution < 1.29 is 0 Å².